The highest BCUT2D eigenvalue weighted by Crippen LogP contribution is 2.31. The van der Waals surface area contributed by atoms with E-state index in [1.54, 1.807) is 0 Å². The molecule has 1 N–H and O–H groups in total. The molecule has 3 rings (SSSR count). The summed E-state index contributed by atoms with van der Waals surface area (Å²) in [6.45, 7) is 2.92. The minimum atomic E-state index is -0.697. The van der Waals surface area contributed by atoms with Gasteiger partial charge >= 0.3 is 5.69 Å². The number of nitro groups is 2. The van der Waals surface area contributed by atoms with Gasteiger partial charge in [0.2, 0.25) is 0 Å². The summed E-state index contributed by atoms with van der Waals surface area (Å²) in [4.78, 5) is 20.7. The van der Waals surface area contributed by atoms with Gasteiger partial charge in [-0.15, -0.1) is 0 Å². The number of non-ortho nitro benzene ring substituents is 1. The van der Waals surface area contributed by atoms with Crippen molar-refractivity contribution in [2.24, 2.45) is 5.10 Å². The number of aryl methyl sites for hydroxylation is 1. The fourth-order valence-electron chi connectivity index (χ4n) is 3.21. The maximum absolute atomic E-state index is 11.3. The number of hydrazone groups is 1. The van der Waals surface area contributed by atoms with E-state index in [0.717, 1.165) is 42.8 Å². The van der Waals surface area contributed by atoms with Crippen LogP contribution >= 0.6 is 11.6 Å². The third-order valence-electron chi connectivity index (χ3n) is 4.70. The normalized spacial score (nSPS) is 11.3. The first-order valence-corrected chi connectivity index (χ1v) is 9.80. The van der Waals surface area contributed by atoms with Gasteiger partial charge < -0.3 is 4.57 Å². The number of para-hydroxylation sites is 1. The molecule has 0 radical (unpaired) electrons. The molecule has 0 aliphatic heterocycles. The van der Waals surface area contributed by atoms with E-state index < -0.39 is 15.5 Å². The Morgan fingerprint density at radius 1 is 1.13 bits per heavy atom. The van der Waals surface area contributed by atoms with Gasteiger partial charge in [-0.2, -0.15) is 5.10 Å². The second kappa shape index (κ2) is 9.36. The van der Waals surface area contributed by atoms with Crippen LogP contribution in [-0.4, -0.2) is 20.6 Å². The van der Waals surface area contributed by atoms with E-state index in [1.807, 2.05) is 28.8 Å². The van der Waals surface area contributed by atoms with Crippen molar-refractivity contribution in [2.75, 3.05) is 5.43 Å². The molecule has 0 unspecified atom stereocenters. The SMILES string of the molecule is CCCCCn1c(Cl)c(C=NNc2ccc([N+](=O)[O-])cc2[N+](=O)[O-])c2ccccc21. The van der Waals surface area contributed by atoms with Crippen LogP contribution in [0, 0.1) is 20.2 Å². The lowest BCUT2D eigenvalue weighted by atomic mass is 10.2. The number of hydrogen-bond donors (Lipinski definition) is 1. The van der Waals surface area contributed by atoms with Crippen molar-refractivity contribution >= 4 is 45.8 Å². The standard InChI is InChI=1S/C20H20ClN5O4/c1-2-3-6-11-24-18-8-5-4-7-15(18)16(20(24)21)13-22-23-17-10-9-14(25(27)28)12-19(17)26(29)30/h4-5,7-10,12-13,23H,2-3,6,11H2,1H3. The largest absolute Gasteiger partial charge is 0.331 e. The average Bonchev–Trinajstić information content (AvgIpc) is 2.99. The van der Waals surface area contributed by atoms with E-state index in [1.165, 1.54) is 18.3 Å². The van der Waals surface area contributed by atoms with E-state index in [-0.39, 0.29) is 11.4 Å². The molecule has 0 atom stereocenters. The molecule has 0 saturated carbocycles. The van der Waals surface area contributed by atoms with Gasteiger partial charge in [0, 0.05) is 29.1 Å². The van der Waals surface area contributed by atoms with E-state index in [2.05, 4.69) is 17.5 Å². The molecule has 2 aromatic carbocycles. The Morgan fingerprint density at radius 2 is 1.90 bits per heavy atom. The third-order valence-corrected chi connectivity index (χ3v) is 5.10. The number of halogens is 1. The second-order valence-corrected chi connectivity index (χ2v) is 7.02. The van der Waals surface area contributed by atoms with E-state index in [9.17, 15) is 20.2 Å². The van der Waals surface area contributed by atoms with Gasteiger partial charge in [-0.25, -0.2) is 0 Å². The summed E-state index contributed by atoms with van der Waals surface area (Å²) in [5.74, 6) is 0. The van der Waals surface area contributed by atoms with Crippen LogP contribution in [0.4, 0.5) is 17.1 Å². The molecule has 0 spiro atoms. The Balaban J connectivity index is 1.91. The first-order chi connectivity index (χ1) is 14.4. The number of unbranched alkanes of at least 4 members (excludes halogenated alkanes) is 2. The molecule has 0 aliphatic carbocycles. The number of anilines is 1. The van der Waals surface area contributed by atoms with E-state index >= 15 is 0 Å². The van der Waals surface area contributed by atoms with Crippen molar-refractivity contribution in [2.45, 2.75) is 32.7 Å². The summed E-state index contributed by atoms with van der Waals surface area (Å²) in [5.41, 5.74) is 3.53. The predicted molar refractivity (Wildman–Crippen MR) is 117 cm³/mol. The predicted octanol–water partition coefficient (Wildman–Crippen LogP) is 5.75. The maximum atomic E-state index is 11.3. The topological polar surface area (TPSA) is 116 Å². The summed E-state index contributed by atoms with van der Waals surface area (Å²) in [6, 6.07) is 11.1. The smallest absolute Gasteiger partial charge is 0.301 e. The number of nitrogens with one attached hydrogen (secondary N) is 1. The van der Waals surface area contributed by atoms with Crippen LogP contribution in [0.2, 0.25) is 5.15 Å². The van der Waals surface area contributed by atoms with Crippen molar-refractivity contribution in [1.29, 1.82) is 0 Å². The zero-order valence-corrected chi connectivity index (χ0v) is 17.0. The molecule has 156 valence electrons. The summed E-state index contributed by atoms with van der Waals surface area (Å²) in [7, 11) is 0. The molecule has 0 saturated heterocycles. The molecule has 1 aromatic heterocycles. The van der Waals surface area contributed by atoms with Crippen LogP contribution in [0.1, 0.15) is 31.7 Å². The number of benzene rings is 2. The molecule has 0 bridgehead atoms. The maximum Gasteiger partial charge on any atom is 0.301 e. The molecule has 0 fully saturated rings. The van der Waals surface area contributed by atoms with Gasteiger partial charge in [-0.05, 0) is 18.6 Å². The fourth-order valence-corrected chi connectivity index (χ4v) is 3.53. The quantitative estimate of drug-likeness (QED) is 0.201. The lowest BCUT2D eigenvalue weighted by molar-refractivity contribution is -0.393. The molecule has 1 heterocycles. The Kier molecular flexibility index (Phi) is 6.63. The summed E-state index contributed by atoms with van der Waals surface area (Å²) >= 11 is 6.61. The van der Waals surface area contributed by atoms with Crippen LogP contribution in [-0.2, 0) is 6.54 Å². The fraction of sp³-hybridized carbons (Fsp3) is 0.250. The molecule has 0 amide bonds. The van der Waals surface area contributed by atoms with Crippen molar-refractivity contribution in [3.8, 4) is 0 Å². The second-order valence-electron chi connectivity index (χ2n) is 6.67. The molecule has 9 nitrogen and oxygen atoms in total. The van der Waals surface area contributed by atoms with Crippen LogP contribution in [0.5, 0.6) is 0 Å². The molecule has 0 aliphatic rings. The Hall–Kier alpha value is -3.46. The highest BCUT2D eigenvalue weighted by molar-refractivity contribution is 6.34. The van der Waals surface area contributed by atoms with Gasteiger partial charge in [-0.3, -0.25) is 25.7 Å². The number of nitro benzene ring substituents is 2. The monoisotopic (exact) mass is 429 g/mol. The Bertz CT molecular complexity index is 1130. The number of nitrogens with zero attached hydrogens (tertiary/aromatic N) is 4. The van der Waals surface area contributed by atoms with Gasteiger partial charge in [0.25, 0.3) is 5.69 Å². The summed E-state index contributed by atoms with van der Waals surface area (Å²) in [6.07, 6.45) is 4.70. The highest BCUT2D eigenvalue weighted by Gasteiger charge is 2.19. The number of rotatable bonds is 9. The minimum Gasteiger partial charge on any atom is -0.331 e. The molecule has 3 aromatic rings. The zero-order chi connectivity index (χ0) is 21.7. The average molecular weight is 430 g/mol. The van der Waals surface area contributed by atoms with Gasteiger partial charge in [0.05, 0.1) is 22.1 Å². The molecule has 30 heavy (non-hydrogen) atoms. The van der Waals surface area contributed by atoms with Gasteiger partial charge in [0.15, 0.2) is 0 Å². The number of fused-ring (bicyclic) bond motifs is 1. The van der Waals surface area contributed by atoms with Crippen molar-refractivity contribution in [3.63, 3.8) is 0 Å². The van der Waals surface area contributed by atoms with E-state index in [4.69, 9.17) is 11.6 Å². The summed E-state index contributed by atoms with van der Waals surface area (Å²) < 4.78 is 2.03. The van der Waals surface area contributed by atoms with Crippen LogP contribution in [0.25, 0.3) is 10.9 Å². The summed E-state index contributed by atoms with van der Waals surface area (Å²) in [5, 5.41) is 27.7. The van der Waals surface area contributed by atoms with Crippen LogP contribution in [0.15, 0.2) is 47.6 Å². The van der Waals surface area contributed by atoms with Crippen LogP contribution < -0.4 is 5.43 Å². The number of hydrogen-bond acceptors (Lipinski definition) is 6. The highest BCUT2D eigenvalue weighted by atomic mass is 35.5. The van der Waals surface area contributed by atoms with Crippen LogP contribution in [0.3, 0.4) is 0 Å². The Labute approximate surface area is 177 Å². The van der Waals surface area contributed by atoms with Gasteiger partial charge in [-0.1, -0.05) is 49.6 Å². The minimum absolute atomic E-state index is 0.0460. The molecular weight excluding hydrogens is 410 g/mol. The third kappa shape index (κ3) is 4.41. The zero-order valence-electron chi connectivity index (χ0n) is 16.2. The lowest BCUT2D eigenvalue weighted by Gasteiger charge is -2.06. The Morgan fingerprint density at radius 3 is 2.60 bits per heavy atom. The van der Waals surface area contributed by atoms with Gasteiger partial charge in [0.1, 0.15) is 10.8 Å². The first kappa shape index (κ1) is 21.3. The number of aromatic nitrogens is 1. The molecule has 10 heteroatoms. The van der Waals surface area contributed by atoms with Crippen molar-refractivity contribution in [1.82, 2.24) is 4.57 Å². The van der Waals surface area contributed by atoms with Crippen molar-refractivity contribution in [3.05, 3.63) is 73.4 Å². The van der Waals surface area contributed by atoms with Crippen molar-refractivity contribution < 1.29 is 9.85 Å². The van der Waals surface area contributed by atoms with E-state index in [0.29, 0.717) is 10.7 Å². The lowest BCUT2D eigenvalue weighted by Crippen LogP contribution is -1.99. The first-order valence-electron chi connectivity index (χ1n) is 9.42. The molecular formula is C20H20ClN5O4.